The number of nitrogens with one attached hydrogen (secondary N) is 2. The molecule has 16 heavy (non-hydrogen) atoms. The average molecular weight is 244 g/mol. The molecule has 0 spiro atoms. The van der Waals surface area contributed by atoms with Crippen molar-refractivity contribution in [3.8, 4) is 0 Å². The Morgan fingerprint density at radius 1 is 1.31 bits per heavy atom. The van der Waals surface area contributed by atoms with Gasteiger partial charge < -0.3 is 20.8 Å². The van der Waals surface area contributed by atoms with Crippen molar-refractivity contribution in [1.82, 2.24) is 10.6 Å². The van der Waals surface area contributed by atoms with Gasteiger partial charge in [0.15, 0.2) is 6.10 Å². The van der Waals surface area contributed by atoms with E-state index in [0.717, 1.165) is 0 Å². The Kier molecular flexibility index (Phi) is 5.75. The van der Waals surface area contributed by atoms with Crippen LogP contribution in [-0.2, 0) is 9.59 Å². The molecule has 0 heterocycles. The van der Waals surface area contributed by atoms with Gasteiger partial charge >= 0.3 is 12.1 Å². The summed E-state index contributed by atoms with van der Waals surface area (Å²) in [6.45, 7) is -2.48. The molecule has 0 aromatic heterocycles. The highest BCUT2D eigenvalue weighted by molar-refractivity contribution is 5.79. The SMILES string of the molecule is O=C(CNCC(F)(F)F)NC[C@H](O)C(=O)O. The van der Waals surface area contributed by atoms with E-state index in [2.05, 4.69) is 0 Å². The maximum Gasteiger partial charge on any atom is 0.401 e. The number of aliphatic hydroxyl groups is 1. The molecule has 94 valence electrons. The van der Waals surface area contributed by atoms with Gasteiger partial charge in [0.1, 0.15) is 0 Å². The lowest BCUT2D eigenvalue weighted by molar-refractivity contribution is -0.146. The molecule has 0 aliphatic rings. The second kappa shape index (κ2) is 6.28. The number of carboxylic acid groups (broad SMARTS) is 1. The molecule has 6 nitrogen and oxygen atoms in total. The van der Waals surface area contributed by atoms with E-state index < -0.39 is 43.8 Å². The number of carboxylic acids is 1. The van der Waals surface area contributed by atoms with Crippen LogP contribution in [0.15, 0.2) is 0 Å². The van der Waals surface area contributed by atoms with Crippen LogP contribution in [-0.4, -0.2) is 54.0 Å². The van der Waals surface area contributed by atoms with Gasteiger partial charge in [-0.15, -0.1) is 0 Å². The van der Waals surface area contributed by atoms with Crippen molar-refractivity contribution < 1.29 is 33.0 Å². The zero-order valence-corrected chi connectivity index (χ0v) is 8.04. The maximum absolute atomic E-state index is 11.6. The molecule has 0 aliphatic carbocycles. The van der Waals surface area contributed by atoms with Crippen molar-refractivity contribution in [1.29, 1.82) is 0 Å². The number of carbonyl (C=O) groups is 2. The number of rotatable bonds is 6. The second-order valence-corrected chi connectivity index (χ2v) is 2.88. The van der Waals surface area contributed by atoms with Crippen LogP contribution < -0.4 is 10.6 Å². The van der Waals surface area contributed by atoms with Gasteiger partial charge in [0.05, 0.1) is 19.6 Å². The lowest BCUT2D eigenvalue weighted by Crippen LogP contribution is -2.42. The number of aliphatic carboxylic acids is 1. The second-order valence-electron chi connectivity index (χ2n) is 2.88. The number of hydrogen-bond donors (Lipinski definition) is 4. The number of alkyl halides is 3. The summed E-state index contributed by atoms with van der Waals surface area (Å²) >= 11 is 0. The Balaban J connectivity index is 3.64. The molecule has 0 saturated heterocycles. The first-order chi connectivity index (χ1) is 7.22. The molecule has 0 aliphatic heterocycles. The Morgan fingerprint density at radius 2 is 1.88 bits per heavy atom. The monoisotopic (exact) mass is 244 g/mol. The quantitative estimate of drug-likeness (QED) is 0.465. The third-order valence-corrected chi connectivity index (χ3v) is 1.39. The number of halogens is 3. The minimum atomic E-state index is -4.42. The summed E-state index contributed by atoms with van der Waals surface area (Å²) in [5.74, 6) is -2.35. The highest BCUT2D eigenvalue weighted by Crippen LogP contribution is 2.11. The van der Waals surface area contributed by atoms with Gasteiger partial charge in [-0.05, 0) is 0 Å². The molecule has 4 N–H and O–H groups in total. The summed E-state index contributed by atoms with van der Waals surface area (Å²) in [7, 11) is 0. The molecule has 1 atom stereocenters. The third kappa shape index (κ3) is 8.00. The van der Waals surface area contributed by atoms with Crippen molar-refractivity contribution in [3.05, 3.63) is 0 Å². The van der Waals surface area contributed by atoms with E-state index in [0.29, 0.717) is 0 Å². The summed E-state index contributed by atoms with van der Waals surface area (Å²) in [5.41, 5.74) is 0. The smallest absolute Gasteiger partial charge is 0.401 e. The fourth-order valence-corrected chi connectivity index (χ4v) is 0.678. The maximum atomic E-state index is 11.6. The zero-order chi connectivity index (χ0) is 12.8. The van der Waals surface area contributed by atoms with Crippen LogP contribution in [0.1, 0.15) is 0 Å². The Hall–Kier alpha value is -1.35. The molecule has 0 unspecified atom stereocenters. The van der Waals surface area contributed by atoms with E-state index in [1.165, 1.54) is 0 Å². The van der Waals surface area contributed by atoms with Gasteiger partial charge in [0, 0.05) is 0 Å². The summed E-state index contributed by atoms with van der Waals surface area (Å²) in [6.07, 6.45) is -6.19. The molecule has 0 aromatic rings. The molecule has 0 fully saturated rings. The normalized spacial score (nSPS) is 13.2. The van der Waals surface area contributed by atoms with Crippen LogP contribution in [0.5, 0.6) is 0 Å². The van der Waals surface area contributed by atoms with E-state index >= 15 is 0 Å². The molecular weight excluding hydrogens is 233 g/mol. The number of carbonyl (C=O) groups excluding carboxylic acids is 1. The first-order valence-electron chi connectivity index (χ1n) is 4.17. The highest BCUT2D eigenvalue weighted by Gasteiger charge is 2.26. The minimum Gasteiger partial charge on any atom is -0.479 e. The minimum absolute atomic E-state index is 0.554. The van der Waals surface area contributed by atoms with Crippen LogP contribution in [0.3, 0.4) is 0 Å². The van der Waals surface area contributed by atoms with Gasteiger partial charge in [-0.2, -0.15) is 13.2 Å². The fourth-order valence-electron chi connectivity index (χ4n) is 0.678. The van der Waals surface area contributed by atoms with Crippen LogP contribution in [0.4, 0.5) is 13.2 Å². The van der Waals surface area contributed by atoms with E-state index in [-0.39, 0.29) is 0 Å². The van der Waals surface area contributed by atoms with Gasteiger partial charge in [-0.1, -0.05) is 0 Å². The van der Waals surface area contributed by atoms with Gasteiger partial charge in [-0.3, -0.25) is 4.79 Å². The predicted molar refractivity (Wildman–Crippen MR) is 45.6 cm³/mol. The topological polar surface area (TPSA) is 98.7 Å². The van der Waals surface area contributed by atoms with Crippen molar-refractivity contribution in [3.63, 3.8) is 0 Å². The van der Waals surface area contributed by atoms with Crippen LogP contribution in [0, 0.1) is 0 Å². The molecule has 9 heteroatoms. The first-order valence-corrected chi connectivity index (χ1v) is 4.17. The summed E-state index contributed by atoms with van der Waals surface area (Å²) in [6, 6.07) is 0. The van der Waals surface area contributed by atoms with Gasteiger partial charge in [0.25, 0.3) is 0 Å². The van der Waals surface area contributed by atoms with Gasteiger partial charge in [-0.25, -0.2) is 4.79 Å². The van der Waals surface area contributed by atoms with Crippen LogP contribution >= 0.6 is 0 Å². The number of aliphatic hydroxyl groups excluding tert-OH is 1. The van der Waals surface area contributed by atoms with Crippen LogP contribution in [0.2, 0.25) is 0 Å². The summed E-state index contributed by atoms with van der Waals surface area (Å²) in [5, 5.41) is 20.7. The molecule has 0 saturated carbocycles. The molecule has 0 rings (SSSR count). The lowest BCUT2D eigenvalue weighted by atomic mass is 10.3. The molecule has 0 aromatic carbocycles. The molecule has 0 radical (unpaired) electrons. The molecular formula is C7H11F3N2O4. The standard InChI is InChI=1S/C7H11F3N2O4/c8-7(9,10)3-11-2-5(14)12-1-4(13)6(15)16/h4,11,13H,1-3H2,(H,12,14)(H,15,16)/t4-/m0/s1. The van der Waals surface area contributed by atoms with Crippen molar-refractivity contribution in [2.75, 3.05) is 19.6 Å². The first kappa shape index (κ1) is 14.6. The van der Waals surface area contributed by atoms with Gasteiger partial charge in [0.2, 0.25) is 5.91 Å². The fraction of sp³-hybridized carbons (Fsp3) is 0.714. The number of hydrogen-bond acceptors (Lipinski definition) is 4. The van der Waals surface area contributed by atoms with Crippen molar-refractivity contribution >= 4 is 11.9 Å². The van der Waals surface area contributed by atoms with E-state index in [1.807, 2.05) is 10.6 Å². The average Bonchev–Trinajstić information content (AvgIpc) is 2.11. The van der Waals surface area contributed by atoms with Crippen molar-refractivity contribution in [2.24, 2.45) is 0 Å². The Bertz CT molecular complexity index is 257. The Labute approximate surface area is 88.4 Å². The van der Waals surface area contributed by atoms with E-state index in [9.17, 15) is 22.8 Å². The predicted octanol–water partition coefficient (Wildman–Crippen LogP) is -1.30. The zero-order valence-electron chi connectivity index (χ0n) is 8.04. The summed E-state index contributed by atoms with van der Waals surface area (Å²) < 4.78 is 34.8. The third-order valence-electron chi connectivity index (χ3n) is 1.39. The lowest BCUT2D eigenvalue weighted by Gasteiger charge is -2.09. The van der Waals surface area contributed by atoms with E-state index in [1.54, 1.807) is 0 Å². The van der Waals surface area contributed by atoms with Crippen LogP contribution in [0.25, 0.3) is 0 Å². The molecule has 0 bridgehead atoms. The number of amides is 1. The van der Waals surface area contributed by atoms with E-state index in [4.69, 9.17) is 10.2 Å². The summed E-state index contributed by atoms with van der Waals surface area (Å²) in [4.78, 5) is 20.9. The molecule has 1 amide bonds. The largest absolute Gasteiger partial charge is 0.479 e. The Morgan fingerprint density at radius 3 is 2.31 bits per heavy atom. The van der Waals surface area contributed by atoms with Crippen molar-refractivity contribution in [2.45, 2.75) is 12.3 Å². The highest BCUT2D eigenvalue weighted by atomic mass is 19.4.